The van der Waals surface area contributed by atoms with Crippen LogP contribution in [0.25, 0.3) is 6.08 Å². The van der Waals surface area contributed by atoms with E-state index < -0.39 is 0 Å². The molecule has 0 bridgehead atoms. The van der Waals surface area contributed by atoms with Gasteiger partial charge in [-0.15, -0.1) is 0 Å². The Balaban J connectivity index is 1.64. The zero-order chi connectivity index (χ0) is 18.8. The van der Waals surface area contributed by atoms with Crippen molar-refractivity contribution >= 4 is 23.6 Å². The molecule has 0 heterocycles. The van der Waals surface area contributed by atoms with Crippen molar-refractivity contribution in [3.63, 3.8) is 0 Å². The van der Waals surface area contributed by atoms with Crippen molar-refractivity contribution in [1.29, 1.82) is 0 Å². The molecule has 0 spiro atoms. The van der Waals surface area contributed by atoms with Gasteiger partial charge in [-0.2, -0.15) is 0 Å². The second-order valence-electron chi connectivity index (χ2n) is 7.05. The molecule has 26 heavy (non-hydrogen) atoms. The van der Waals surface area contributed by atoms with E-state index in [2.05, 4.69) is 22.6 Å². The van der Waals surface area contributed by atoms with Crippen LogP contribution in [0.5, 0.6) is 0 Å². The average molecular weight is 357 g/mol. The summed E-state index contributed by atoms with van der Waals surface area (Å²) in [5.41, 5.74) is 1.67. The zero-order valence-corrected chi connectivity index (χ0v) is 16.0. The van der Waals surface area contributed by atoms with Crippen LogP contribution in [-0.2, 0) is 9.59 Å². The van der Waals surface area contributed by atoms with Gasteiger partial charge in [0.25, 0.3) is 0 Å². The molecule has 1 aliphatic carbocycles. The largest absolute Gasteiger partial charge is 0.353 e. The number of hydrogen-bond donors (Lipinski definition) is 2. The third-order valence-electron chi connectivity index (χ3n) is 4.84. The molecule has 1 aromatic carbocycles. The van der Waals surface area contributed by atoms with Gasteiger partial charge >= 0.3 is 0 Å². The molecule has 0 aliphatic heterocycles. The third kappa shape index (κ3) is 7.40. The van der Waals surface area contributed by atoms with Crippen molar-refractivity contribution in [3.05, 3.63) is 35.9 Å². The van der Waals surface area contributed by atoms with Gasteiger partial charge < -0.3 is 15.5 Å². The number of benzene rings is 1. The summed E-state index contributed by atoms with van der Waals surface area (Å²) in [4.78, 5) is 25.3. The van der Waals surface area contributed by atoms with Crippen LogP contribution in [0.3, 0.4) is 0 Å². The smallest absolute Gasteiger partial charge is 0.243 e. The normalized spacial score (nSPS) is 15.3. The van der Waals surface area contributed by atoms with Crippen LogP contribution in [0.1, 0.15) is 51.0 Å². The van der Waals surface area contributed by atoms with E-state index in [-0.39, 0.29) is 11.8 Å². The molecule has 2 N–H and O–H groups in total. The van der Waals surface area contributed by atoms with Crippen LogP contribution in [0.4, 0.5) is 5.69 Å². The van der Waals surface area contributed by atoms with Crippen LogP contribution < -0.4 is 10.6 Å². The number of carbonyl (C=O) groups excluding carboxylic acids is 2. The van der Waals surface area contributed by atoms with Crippen molar-refractivity contribution in [2.24, 2.45) is 0 Å². The molecule has 142 valence electrons. The monoisotopic (exact) mass is 357 g/mol. The van der Waals surface area contributed by atoms with Crippen LogP contribution in [-0.4, -0.2) is 42.9 Å². The van der Waals surface area contributed by atoms with E-state index in [0.717, 1.165) is 30.3 Å². The highest BCUT2D eigenvalue weighted by molar-refractivity contribution is 5.92. The first-order valence-electron chi connectivity index (χ1n) is 9.58. The molecular formula is C21H31N3O2. The molecule has 2 rings (SSSR count). The second kappa shape index (κ2) is 10.8. The van der Waals surface area contributed by atoms with E-state index in [9.17, 15) is 9.59 Å². The highest BCUT2D eigenvalue weighted by atomic mass is 16.2. The Morgan fingerprint density at radius 3 is 2.50 bits per heavy atom. The average Bonchev–Trinajstić information content (AvgIpc) is 2.65. The number of nitrogens with one attached hydrogen (secondary N) is 2. The lowest BCUT2D eigenvalue weighted by atomic mass is 9.94. The van der Waals surface area contributed by atoms with Gasteiger partial charge in [-0.1, -0.05) is 31.4 Å². The predicted octanol–water partition coefficient (Wildman–Crippen LogP) is 3.43. The van der Waals surface area contributed by atoms with Crippen LogP contribution in [0.2, 0.25) is 0 Å². The number of carbonyl (C=O) groups is 2. The van der Waals surface area contributed by atoms with Crippen LogP contribution >= 0.6 is 0 Å². The summed E-state index contributed by atoms with van der Waals surface area (Å²) in [6.07, 6.45) is 11.0. The number of anilines is 1. The molecule has 1 aliphatic rings. The van der Waals surface area contributed by atoms with Crippen molar-refractivity contribution in [2.45, 2.75) is 51.5 Å². The lowest BCUT2D eigenvalue weighted by Crippen LogP contribution is -2.35. The minimum atomic E-state index is -0.0956. The van der Waals surface area contributed by atoms with Gasteiger partial charge in [-0.3, -0.25) is 9.59 Å². The molecule has 0 unspecified atom stereocenters. The molecule has 1 fully saturated rings. The first-order chi connectivity index (χ1) is 12.5. The SMILES string of the molecule is CC(=O)Nc1ccc(/C=C/C(=O)NCCCN(C)C2CCCCC2)cc1. The van der Waals surface area contributed by atoms with E-state index in [4.69, 9.17) is 0 Å². The quantitative estimate of drug-likeness (QED) is 0.553. The van der Waals surface area contributed by atoms with Gasteiger partial charge in [0.2, 0.25) is 11.8 Å². The fourth-order valence-electron chi connectivity index (χ4n) is 3.36. The van der Waals surface area contributed by atoms with Gasteiger partial charge in [0, 0.05) is 31.3 Å². The maximum Gasteiger partial charge on any atom is 0.243 e. The van der Waals surface area contributed by atoms with E-state index >= 15 is 0 Å². The summed E-state index contributed by atoms with van der Waals surface area (Å²) in [5.74, 6) is -0.168. The van der Waals surface area contributed by atoms with E-state index in [1.165, 1.54) is 39.0 Å². The summed E-state index contributed by atoms with van der Waals surface area (Å²) < 4.78 is 0. The molecule has 0 saturated heterocycles. The van der Waals surface area contributed by atoms with Crippen molar-refractivity contribution in [2.75, 3.05) is 25.5 Å². The van der Waals surface area contributed by atoms with E-state index in [0.29, 0.717) is 6.54 Å². The summed E-state index contributed by atoms with van der Waals surface area (Å²) in [7, 11) is 2.20. The Kier molecular flexibility index (Phi) is 8.35. The Bertz CT molecular complexity index is 604. The molecule has 2 amide bonds. The molecule has 0 radical (unpaired) electrons. The Morgan fingerprint density at radius 1 is 1.15 bits per heavy atom. The maximum absolute atomic E-state index is 11.9. The molecule has 5 heteroatoms. The maximum atomic E-state index is 11.9. The summed E-state index contributed by atoms with van der Waals surface area (Å²) >= 11 is 0. The zero-order valence-electron chi connectivity index (χ0n) is 16.0. The Hall–Kier alpha value is -2.14. The van der Waals surface area contributed by atoms with Gasteiger partial charge in [0.05, 0.1) is 0 Å². The first-order valence-corrected chi connectivity index (χ1v) is 9.58. The number of amides is 2. The lowest BCUT2D eigenvalue weighted by Gasteiger charge is -2.31. The summed E-state index contributed by atoms with van der Waals surface area (Å²) in [5, 5.41) is 5.66. The Labute approximate surface area is 156 Å². The fourth-order valence-corrected chi connectivity index (χ4v) is 3.36. The van der Waals surface area contributed by atoms with Crippen molar-refractivity contribution in [3.8, 4) is 0 Å². The third-order valence-corrected chi connectivity index (χ3v) is 4.84. The molecular weight excluding hydrogens is 326 g/mol. The van der Waals surface area contributed by atoms with Crippen molar-refractivity contribution in [1.82, 2.24) is 10.2 Å². The summed E-state index contributed by atoms with van der Waals surface area (Å²) in [6.45, 7) is 3.20. The van der Waals surface area contributed by atoms with E-state index in [1.807, 2.05) is 24.3 Å². The fraction of sp³-hybridized carbons (Fsp3) is 0.524. The molecule has 0 aromatic heterocycles. The van der Waals surface area contributed by atoms with Gasteiger partial charge in [0.1, 0.15) is 0 Å². The lowest BCUT2D eigenvalue weighted by molar-refractivity contribution is -0.116. The van der Waals surface area contributed by atoms with Gasteiger partial charge in [-0.25, -0.2) is 0 Å². The number of rotatable bonds is 8. The molecule has 5 nitrogen and oxygen atoms in total. The Morgan fingerprint density at radius 2 is 1.85 bits per heavy atom. The molecule has 1 aromatic rings. The standard InChI is InChI=1S/C21H31N3O2/c1-17(25)23-19-12-9-18(10-13-19)11-14-21(26)22-15-6-16-24(2)20-7-4-3-5-8-20/h9-14,20H,3-8,15-16H2,1-2H3,(H,22,26)(H,23,25)/b14-11+. The first kappa shape index (κ1) is 20.2. The minimum absolute atomic E-state index is 0.0729. The highest BCUT2D eigenvalue weighted by Gasteiger charge is 2.17. The van der Waals surface area contributed by atoms with Crippen LogP contribution in [0, 0.1) is 0 Å². The molecule has 0 atom stereocenters. The van der Waals surface area contributed by atoms with Crippen molar-refractivity contribution < 1.29 is 9.59 Å². The van der Waals surface area contributed by atoms with Gasteiger partial charge in [0.15, 0.2) is 0 Å². The van der Waals surface area contributed by atoms with Crippen LogP contribution in [0.15, 0.2) is 30.3 Å². The topological polar surface area (TPSA) is 61.4 Å². The summed E-state index contributed by atoms with van der Waals surface area (Å²) in [6, 6.07) is 8.10. The predicted molar refractivity (Wildman–Crippen MR) is 107 cm³/mol. The number of nitrogens with zero attached hydrogens (tertiary/aromatic N) is 1. The second-order valence-corrected chi connectivity index (χ2v) is 7.05. The minimum Gasteiger partial charge on any atom is -0.353 e. The molecule has 1 saturated carbocycles. The van der Waals surface area contributed by atoms with Gasteiger partial charge in [-0.05, 0) is 56.6 Å². The van der Waals surface area contributed by atoms with E-state index in [1.54, 1.807) is 12.2 Å². The highest BCUT2D eigenvalue weighted by Crippen LogP contribution is 2.21. The number of hydrogen-bond acceptors (Lipinski definition) is 3.